The third kappa shape index (κ3) is 4.03. The number of carbonyl (C=O) groups excluding carboxylic acids is 1. The summed E-state index contributed by atoms with van der Waals surface area (Å²) < 4.78 is 5.02. The second-order valence-electron chi connectivity index (χ2n) is 3.72. The summed E-state index contributed by atoms with van der Waals surface area (Å²) in [5.74, 6) is -0.170. The average Bonchev–Trinajstić information content (AvgIpc) is 2.38. The largest absolute Gasteiger partial charge is 0.387 e. The van der Waals surface area contributed by atoms with Gasteiger partial charge in [-0.1, -0.05) is 6.92 Å². The van der Waals surface area contributed by atoms with Crippen molar-refractivity contribution >= 4 is 11.6 Å². The van der Waals surface area contributed by atoms with Crippen molar-refractivity contribution in [2.45, 2.75) is 19.4 Å². The second kappa shape index (κ2) is 6.85. The van der Waals surface area contributed by atoms with Crippen LogP contribution in [0.4, 0.5) is 5.69 Å². The van der Waals surface area contributed by atoms with Crippen LogP contribution in [-0.2, 0) is 4.74 Å². The van der Waals surface area contributed by atoms with Gasteiger partial charge in [0.2, 0.25) is 0 Å². The molecule has 0 fully saturated rings. The molecule has 0 bridgehead atoms. The van der Waals surface area contributed by atoms with Gasteiger partial charge in [-0.25, -0.2) is 4.98 Å². The van der Waals surface area contributed by atoms with E-state index in [2.05, 4.69) is 15.6 Å². The molecule has 1 unspecified atom stereocenters. The van der Waals surface area contributed by atoms with E-state index in [1.165, 1.54) is 0 Å². The third-order valence-electron chi connectivity index (χ3n) is 2.48. The number of nitrogens with one attached hydrogen (secondary N) is 2. The van der Waals surface area contributed by atoms with Gasteiger partial charge in [0.05, 0.1) is 24.5 Å². The molecule has 2 N–H and O–H groups in total. The molecular weight excluding hydrogens is 218 g/mol. The molecule has 0 spiro atoms. The number of pyridine rings is 1. The van der Waals surface area contributed by atoms with Gasteiger partial charge in [0.25, 0.3) is 5.91 Å². The Balaban J connectivity index is 2.62. The van der Waals surface area contributed by atoms with E-state index in [0.29, 0.717) is 12.3 Å². The van der Waals surface area contributed by atoms with Crippen LogP contribution in [0.2, 0.25) is 0 Å². The standard InChI is InChI=1S/C12H19N3O2/c1-4-9(8-17-3)15-12(16)11-6-5-10(13-2)7-14-11/h5-7,9,13H,4,8H2,1-3H3,(H,15,16). The number of rotatable bonds is 6. The number of anilines is 1. The van der Waals surface area contributed by atoms with E-state index in [0.717, 1.165) is 12.1 Å². The van der Waals surface area contributed by atoms with Crippen LogP contribution in [0.5, 0.6) is 0 Å². The number of methoxy groups -OCH3 is 1. The van der Waals surface area contributed by atoms with Crippen molar-refractivity contribution in [3.05, 3.63) is 24.0 Å². The van der Waals surface area contributed by atoms with E-state index in [1.807, 2.05) is 20.0 Å². The van der Waals surface area contributed by atoms with Crippen LogP contribution in [0.1, 0.15) is 23.8 Å². The first kappa shape index (κ1) is 13.4. The lowest BCUT2D eigenvalue weighted by molar-refractivity contribution is 0.0889. The van der Waals surface area contributed by atoms with Crippen molar-refractivity contribution in [1.29, 1.82) is 0 Å². The van der Waals surface area contributed by atoms with Gasteiger partial charge < -0.3 is 15.4 Å². The van der Waals surface area contributed by atoms with Gasteiger partial charge in [0.1, 0.15) is 5.69 Å². The van der Waals surface area contributed by atoms with Crippen molar-refractivity contribution < 1.29 is 9.53 Å². The van der Waals surface area contributed by atoms with Gasteiger partial charge in [-0.2, -0.15) is 0 Å². The SMILES string of the molecule is CCC(COC)NC(=O)c1ccc(NC)cn1. The molecule has 0 saturated heterocycles. The van der Waals surface area contributed by atoms with Gasteiger partial charge >= 0.3 is 0 Å². The van der Waals surface area contributed by atoms with E-state index >= 15 is 0 Å². The van der Waals surface area contributed by atoms with Crippen LogP contribution in [0.25, 0.3) is 0 Å². The van der Waals surface area contributed by atoms with E-state index in [4.69, 9.17) is 4.74 Å². The zero-order valence-corrected chi connectivity index (χ0v) is 10.5. The maximum Gasteiger partial charge on any atom is 0.270 e. The Morgan fingerprint density at radius 3 is 2.76 bits per heavy atom. The molecule has 1 aromatic rings. The van der Waals surface area contributed by atoms with Crippen molar-refractivity contribution in [1.82, 2.24) is 10.3 Å². The number of ether oxygens (including phenoxy) is 1. The molecule has 5 nitrogen and oxygen atoms in total. The van der Waals surface area contributed by atoms with Crippen LogP contribution in [0.15, 0.2) is 18.3 Å². The normalized spacial score (nSPS) is 11.9. The minimum atomic E-state index is -0.170. The van der Waals surface area contributed by atoms with Crippen LogP contribution in [0, 0.1) is 0 Å². The number of aromatic nitrogens is 1. The number of carbonyl (C=O) groups is 1. The highest BCUT2D eigenvalue weighted by Crippen LogP contribution is 2.05. The van der Waals surface area contributed by atoms with Crippen molar-refractivity contribution in [3.8, 4) is 0 Å². The Morgan fingerprint density at radius 1 is 1.53 bits per heavy atom. The van der Waals surface area contributed by atoms with E-state index < -0.39 is 0 Å². The molecule has 0 aliphatic heterocycles. The van der Waals surface area contributed by atoms with Gasteiger partial charge in [-0.05, 0) is 18.6 Å². The summed E-state index contributed by atoms with van der Waals surface area (Å²) in [4.78, 5) is 15.9. The van der Waals surface area contributed by atoms with Crippen LogP contribution in [0.3, 0.4) is 0 Å². The number of hydrogen-bond donors (Lipinski definition) is 2. The first-order valence-electron chi connectivity index (χ1n) is 5.64. The topological polar surface area (TPSA) is 63.2 Å². The fraction of sp³-hybridized carbons (Fsp3) is 0.500. The summed E-state index contributed by atoms with van der Waals surface area (Å²) in [7, 11) is 3.43. The van der Waals surface area contributed by atoms with E-state index in [9.17, 15) is 4.79 Å². The highest BCUT2D eigenvalue weighted by atomic mass is 16.5. The first-order chi connectivity index (χ1) is 8.21. The minimum Gasteiger partial charge on any atom is -0.387 e. The molecule has 1 aromatic heterocycles. The molecule has 0 radical (unpaired) electrons. The van der Waals surface area contributed by atoms with Crippen LogP contribution in [-0.4, -0.2) is 37.7 Å². The van der Waals surface area contributed by atoms with Crippen LogP contribution < -0.4 is 10.6 Å². The summed E-state index contributed by atoms with van der Waals surface area (Å²) in [6, 6.07) is 3.54. The summed E-state index contributed by atoms with van der Waals surface area (Å²) in [5, 5.41) is 5.83. The number of nitrogens with zero attached hydrogens (tertiary/aromatic N) is 1. The maximum absolute atomic E-state index is 11.8. The third-order valence-corrected chi connectivity index (χ3v) is 2.48. The average molecular weight is 237 g/mol. The Hall–Kier alpha value is -1.62. The molecule has 0 saturated carbocycles. The quantitative estimate of drug-likeness (QED) is 0.782. The molecule has 0 aliphatic rings. The fourth-order valence-corrected chi connectivity index (χ4v) is 1.40. The zero-order valence-electron chi connectivity index (χ0n) is 10.5. The molecule has 1 heterocycles. The monoisotopic (exact) mass is 237 g/mol. The van der Waals surface area contributed by atoms with Crippen molar-refractivity contribution in [3.63, 3.8) is 0 Å². The van der Waals surface area contributed by atoms with Crippen molar-refractivity contribution in [2.75, 3.05) is 26.1 Å². The van der Waals surface area contributed by atoms with Gasteiger partial charge in [0, 0.05) is 14.2 Å². The second-order valence-corrected chi connectivity index (χ2v) is 3.72. The smallest absolute Gasteiger partial charge is 0.270 e. The summed E-state index contributed by atoms with van der Waals surface area (Å²) in [6.07, 6.45) is 2.46. The number of amides is 1. The highest BCUT2D eigenvalue weighted by molar-refractivity contribution is 5.92. The molecule has 1 rings (SSSR count). The lowest BCUT2D eigenvalue weighted by Gasteiger charge is -2.15. The molecule has 0 aromatic carbocycles. The summed E-state index contributed by atoms with van der Waals surface area (Å²) >= 11 is 0. The molecule has 0 aliphatic carbocycles. The Labute approximate surface area is 102 Å². The highest BCUT2D eigenvalue weighted by Gasteiger charge is 2.12. The Kier molecular flexibility index (Phi) is 5.42. The Bertz CT molecular complexity index is 351. The summed E-state index contributed by atoms with van der Waals surface area (Å²) in [6.45, 7) is 2.51. The lowest BCUT2D eigenvalue weighted by atomic mass is 10.2. The van der Waals surface area contributed by atoms with Gasteiger partial charge in [-0.15, -0.1) is 0 Å². The summed E-state index contributed by atoms with van der Waals surface area (Å²) in [5.41, 5.74) is 1.30. The van der Waals surface area contributed by atoms with E-state index in [1.54, 1.807) is 19.4 Å². The predicted molar refractivity (Wildman–Crippen MR) is 67.2 cm³/mol. The van der Waals surface area contributed by atoms with Gasteiger partial charge in [-0.3, -0.25) is 4.79 Å². The molecular formula is C12H19N3O2. The zero-order chi connectivity index (χ0) is 12.7. The van der Waals surface area contributed by atoms with Crippen molar-refractivity contribution in [2.24, 2.45) is 0 Å². The molecule has 94 valence electrons. The van der Waals surface area contributed by atoms with Gasteiger partial charge in [0.15, 0.2) is 0 Å². The minimum absolute atomic E-state index is 0.0262. The fourth-order valence-electron chi connectivity index (χ4n) is 1.40. The molecule has 1 amide bonds. The predicted octanol–water partition coefficient (Wildman–Crippen LogP) is 1.28. The lowest BCUT2D eigenvalue weighted by Crippen LogP contribution is -2.37. The molecule has 1 atom stereocenters. The molecule has 5 heteroatoms. The molecule has 17 heavy (non-hydrogen) atoms. The maximum atomic E-state index is 11.8. The van der Waals surface area contributed by atoms with Crippen LogP contribution >= 0.6 is 0 Å². The first-order valence-corrected chi connectivity index (χ1v) is 5.64. The number of hydrogen-bond acceptors (Lipinski definition) is 4. The Morgan fingerprint density at radius 2 is 2.29 bits per heavy atom. The van der Waals surface area contributed by atoms with E-state index in [-0.39, 0.29) is 11.9 Å².